The smallest absolute Gasteiger partial charge is 0.299 e. The molecule has 27 heavy (non-hydrogen) atoms. The standard InChI is InChI=1S/C17H12N4O6/c1-10-15(16(19-27-10)11-5-3-2-4-6-11)17(22)18-13-8-7-12(20(23)24)9-14(13)21(25)26/h2-9H,1H3,(H,18,22). The second-order valence-electron chi connectivity index (χ2n) is 5.50. The van der Waals surface area contributed by atoms with Crippen molar-refractivity contribution in [2.24, 2.45) is 0 Å². The van der Waals surface area contributed by atoms with Crippen LogP contribution in [0.3, 0.4) is 0 Å². The van der Waals surface area contributed by atoms with Crippen molar-refractivity contribution in [3.05, 3.63) is 80.1 Å². The highest BCUT2D eigenvalue weighted by Crippen LogP contribution is 2.31. The summed E-state index contributed by atoms with van der Waals surface area (Å²) in [6.45, 7) is 1.54. The Bertz CT molecular complexity index is 1040. The van der Waals surface area contributed by atoms with E-state index in [1.165, 1.54) is 0 Å². The van der Waals surface area contributed by atoms with E-state index in [-0.39, 0.29) is 22.7 Å². The summed E-state index contributed by atoms with van der Waals surface area (Å²) in [5, 5.41) is 28.3. The van der Waals surface area contributed by atoms with Gasteiger partial charge in [0.2, 0.25) is 0 Å². The van der Waals surface area contributed by atoms with E-state index in [0.29, 0.717) is 5.56 Å². The van der Waals surface area contributed by atoms with Crippen LogP contribution < -0.4 is 5.32 Å². The summed E-state index contributed by atoms with van der Waals surface area (Å²) < 4.78 is 5.10. The van der Waals surface area contributed by atoms with Gasteiger partial charge in [-0.2, -0.15) is 0 Å². The van der Waals surface area contributed by atoms with Crippen LogP contribution in [-0.2, 0) is 0 Å². The molecule has 2 aromatic carbocycles. The Morgan fingerprint density at radius 2 is 1.78 bits per heavy atom. The lowest BCUT2D eigenvalue weighted by molar-refractivity contribution is -0.393. The predicted octanol–water partition coefficient (Wildman–Crippen LogP) is 3.72. The van der Waals surface area contributed by atoms with Gasteiger partial charge in [0.05, 0.1) is 15.9 Å². The molecular formula is C17H12N4O6. The first-order chi connectivity index (χ1) is 12.9. The number of carbonyl (C=O) groups excluding carboxylic acids is 1. The first kappa shape index (κ1) is 17.7. The van der Waals surface area contributed by atoms with Gasteiger partial charge in [-0.05, 0) is 13.0 Å². The summed E-state index contributed by atoms with van der Waals surface area (Å²) in [5.41, 5.74) is -0.171. The van der Waals surface area contributed by atoms with E-state index < -0.39 is 27.1 Å². The molecule has 0 fully saturated rings. The molecule has 0 unspecified atom stereocenters. The van der Waals surface area contributed by atoms with Gasteiger partial charge < -0.3 is 9.84 Å². The van der Waals surface area contributed by atoms with Crippen LogP contribution in [0, 0.1) is 27.2 Å². The molecule has 10 nitrogen and oxygen atoms in total. The lowest BCUT2D eigenvalue weighted by Gasteiger charge is -2.06. The van der Waals surface area contributed by atoms with Crippen LogP contribution in [0.15, 0.2) is 53.1 Å². The van der Waals surface area contributed by atoms with Crippen LogP contribution in [0.25, 0.3) is 11.3 Å². The number of carbonyl (C=O) groups is 1. The third-order valence-electron chi connectivity index (χ3n) is 3.77. The second kappa shape index (κ2) is 7.04. The van der Waals surface area contributed by atoms with Gasteiger partial charge in [0.25, 0.3) is 17.3 Å². The Kier molecular flexibility index (Phi) is 4.62. The molecule has 1 amide bonds. The number of nitrogens with one attached hydrogen (secondary N) is 1. The van der Waals surface area contributed by atoms with Crippen LogP contribution in [-0.4, -0.2) is 20.9 Å². The SMILES string of the molecule is Cc1onc(-c2ccccc2)c1C(=O)Nc1ccc([N+](=O)[O-])cc1[N+](=O)[O-]. The molecule has 0 spiro atoms. The number of nitro groups is 2. The lowest BCUT2D eigenvalue weighted by Crippen LogP contribution is -2.14. The number of aromatic nitrogens is 1. The molecule has 0 atom stereocenters. The highest BCUT2D eigenvalue weighted by molar-refractivity contribution is 6.09. The Hall–Kier alpha value is -4.08. The van der Waals surface area contributed by atoms with Crippen molar-refractivity contribution in [3.8, 4) is 11.3 Å². The third kappa shape index (κ3) is 3.49. The van der Waals surface area contributed by atoms with E-state index >= 15 is 0 Å². The number of amides is 1. The minimum absolute atomic E-state index is 0.119. The fourth-order valence-corrected chi connectivity index (χ4v) is 2.51. The molecule has 0 aliphatic heterocycles. The number of hydrogen-bond donors (Lipinski definition) is 1. The van der Waals surface area contributed by atoms with Crippen molar-refractivity contribution < 1.29 is 19.2 Å². The molecule has 136 valence electrons. The van der Waals surface area contributed by atoms with Gasteiger partial charge in [0, 0.05) is 11.6 Å². The zero-order chi connectivity index (χ0) is 19.6. The van der Waals surface area contributed by atoms with Gasteiger partial charge >= 0.3 is 0 Å². The molecule has 0 bridgehead atoms. The normalized spacial score (nSPS) is 10.4. The average molecular weight is 368 g/mol. The molecule has 0 saturated heterocycles. The molecule has 0 radical (unpaired) electrons. The van der Waals surface area contributed by atoms with Crippen molar-refractivity contribution in [1.29, 1.82) is 0 Å². The molecule has 1 aromatic heterocycles. The van der Waals surface area contributed by atoms with E-state index in [0.717, 1.165) is 18.2 Å². The molecule has 3 aromatic rings. The van der Waals surface area contributed by atoms with Gasteiger partial charge in [0.15, 0.2) is 0 Å². The van der Waals surface area contributed by atoms with E-state index in [2.05, 4.69) is 10.5 Å². The zero-order valence-electron chi connectivity index (χ0n) is 13.9. The van der Waals surface area contributed by atoms with Crippen molar-refractivity contribution in [2.75, 3.05) is 5.32 Å². The summed E-state index contributed by atoms with van der Waals surface area (Å²) in [6.07, 6.45) is 0. The number of benzene rings is 2. The monoisotopic (exact) mass is 368 g/mol. The topological polar surface area (TPSA) is 141 Å². The quantitative estimate of drug-likeness (QED) is 0.534. The van der Waals surface area contributed by atoms with Crippen LogP contribution in [0.1, 0.15) is 16.1 Å². The maximum atomic E-state index is 12.7. The number of nitrogens with zero attached hydrogens (tertiary/aromatic N) is 3. The Labute approximate surface area is 151 Å². The number of non-ortho nitro benzene ring substituents is 1. The number of rotatable bonds is 5. The van der Waals surface area contributed by atoms with Gasteiger partial charge in [-0.25, -0.2) is 0 Å². The number of aryl methyl sites for hydroxylation is 1. The molecule has 0 saturated carbocycles. The number of hydrogen-bond acceptors (Lipinski definition) is 7. The maximum absolute atomic E-state index is 12.7. The van der Waals surface area contributed by atoms with Crippen molar-refractivity contribution >= 4 is 23.0 Å². The number of anilines is 1. The van der Waals surface area contributed by atoms with Crippen LogP contribution in [0.4, 0.5) is 17.1 Å². The fourth-order valence-electron chi connectivity index (χ4n) is 2.51. The Morgan fingerprint density at radius 3 is 2.41 bits per heavy atom. The number of nitro benzene ring substituents is 2. The van der Waals surface area contributed by atoms with Crippen LogP contribution in [0.2, 0.25) is 0 Å². The van der Waals surface area contributed by atoms with E-state index in [4.69, 9.17) is 4.52 Å². The van der Waals surface area contributed by atoms with Crippen LogP contribution in [0.5, 0.6) is 0 Å². The minimum Gasteiger partial charge on any atom is -0.360 e. The maximum Gasteiger partial charge on any atom is 0.299 e. The molecule has 1 N–H and O–H groups in total. The molecule has 1 heterocycles. The predicted molar refractivity (Wildman–Crippen MR) is 94.4 cm³/mol. The largest absolute Gasteiger partial charge is 0.360 e. The first-order valence-corrected chi connectivity index (χ1v) is 7.64. The van der Waals surface area contributed by atoms with E-state index in [1.807, 2.05) is 0 Å². The van der Waals surface area contributed by atoms with Crippen molar-refractivity contribution in [2.45, 2.75) is 6.92 Å². The zero-order valence-corrected chi connectivity index (χ0v) is 13.9. The minimum atomic E-state index is -0.804. The van der Waals surface area contributed by atoms with Gasteiger partial charge in [-0.3, -0.25) is 25.0 Å². The average Bonchev–Trinajstić information content (AvgIpc) is 3.04. The molecule has 0 aliphatic carbocycles. The molecular weight excluding hydrogens is 356 g/mol. The highest BCUT2D eigenvalue weighted by Gasteiger charge is 2.25. The Balaban J connectivity index is 1.99. The summed E-state index contributed by atoms with van der Waals surface area (Å²) >= 11 is 0. The molecule has 3 rings (SSSR count). The van der Waals surface area contributed by atoms with Crippen molar-refractivity contribution in [3.63, 3.8) is 0 Å². The van der Waals surface area contributed by atoms with Gasteiger partial charge in [-0.1, -0.05) is 35.5 Å². The fraction of sp³-hybridized carbons (Fsp3) is 0.0588. The third-order valence-corrected chi connectivity index (χ3v) is 3.77. The van der Waals surface area contributed by atoms with Crippen molar-refractivity contribution in [1.82, 2.24) is 5.16 Å². The molecule has 0 aliphatic rings. The van der Waals surface area contributed by atoms with Gasteiger partial charge in [-0.15, -0.1) is 0 Å². The summed E-state index contributed by atoms with van der Waals surface area (Å²) in [4.78, 5) is 33.2. The first-order valence-electron chi connectivity index (χ1n) is 7.64. The summed E-state index contributed by atoms with van der Waals surface area (Å²) in [6, 6.07) is 11.8. The van der Waals surface area contributed by atoms with E-state index in [9.17, 15) is 25.0 Å². The molecule has 10 heteroatoms. The van der Waals surface area contributed by atoms with Gasteiger partial charge in [0.1, 0.15) is 22.7 Å². The summed E-state index contributed by atoms with van der Waals surface area (Å²) in [7, 11) is 0. The summed E-state index contributed by atoms with van der Waals surface area (Å²) in [5.74, 6) is -0.444. The highest BCUT2D eigenvalue weighted by atomic mass is 16.6. The van der Waals surface area contributed by atoms with E-state index in [1.54, 1.807) is 37.3 Å². The second-order valence-corrected chi connectivity index (χ2v) is 5.50. The Morgan fingerprint density at radius 1 is 1.07 bits per heavy atom. The lowest BCUT2D eigenvalue weighted by atomic mass is 10.1. The van der Waals surface area contributed by atoms with Crippen LogP contribution >= 0.6 is 0 Å².